The number of nitrogens with zero attached hydrogens (tertiary/aromatic N) is 1. The van der Waals surface area contributed by atoms with Crippen LogP contribution in [0.15, 0.2) is 30.3 Å². The minimum absolute atomic E-state index is 0.0597. The molecule has 0 bridgehead atoms. The molecule has 0 aliphatic carbocycles. The quantitative estimate of drug-likeness (QED) is 0.877. The highest BCUT2D eigenvalue weighted by molar-refractivity contribution is 5.34. The third kappa shape index (κ3) is 3.58. The molecule has 0 aliphatic heterocycles. The van der Waals surface area contributed by atoms with Gasteiger partial charge in [-0.05, 0) is 30.3 Å². The summed E-state index contributed by atoms with van der Waals surface area (Å²) >= 11 is 0. The van der Waals surface area contributed by atoms with Crippen LogP contribution >= 0.6 is 0 Å². The SMILES string of the molecule is N#Cc1cc(F)c(CNCc2cc(F)ccc2F)c(F)c1. The third-order valence-electron chi connectivity index (χ3n) is 2.90. The maximum Gasteiger partial charge on any atom is 0.131 e. The largest absolute Gasteiger partial charge is 0.308 e. The van der Waals surface area contributed by atoms with Crippen LogP contribution in [-0.2, 0) is 13.1 Å². The molecule has 2 rings (SSSR count). The first-order chi connectivity index (χ1) is 10.0. The molecule has 2 nitrogen and oxygen atoms in total. The summed E-state index contributed by atoms with van der Waals surface area (Å²) in [5.74, 6) is -2.92. The van der Waals surface area contributed by atoms with E-state index in [1.54, 1.807) is 6.07 Å². The molecular weight excluding hydrogens is 284 g/mol. The van der Waals surface area contributed by atoms with E-state index in [-0.39, 0.29) is 29.8 Å². The molecule has 0 heterocycles. The Hall–Kier alpha value is -2.39. The molecular formula is C15H10F4N2. The summed E-state index contributed by atoms with van der Waals surface area (Å²) in [5, 5.41) is 11.2. The van der Waals surface area contributed by atoms with E-state index in [2.05, 4.69) is 5.32 Å². The lowest BCUT2D eigenvalue weighted by atomic mass is 10.1. The molecule has 0 fully saturated rings. The van der Waals surface area contributed by atoms with Gasteiger partial charge in [-0.2, -0.15) is 5.26 Å². The van der Waals surface area contributed by atoms with Crippen LogP contribution in [0.3, 0.4) is 0 Å². The normalized spacial score (nSPS) is 10.4. The van der Waals surface area contributed by atoms with Crippen molar-refractivity contribution >= 4 is 0 Å². The zero-order valence-electron chi connectivity index (χ0n) is 10.8. The zero-order chi connectivity index (χ0) is 15.4. The van der Waals surface area contributed by atoms with Crippen LogP contribution in [0.25, 0.3) is 0 Å². The molecule has 0 unspecified atom stereocenters. The van der Waals surface area contributed by atoms with Gasteiger partial charge in [0.2, 0.25) is 0 Å². The van der Waals surface area contributed by atoms with Crippen molar-refractivity contribution in [2.75, 3.05) is 0 Å². The number of nitriles is 1. The summed E-state index contributed by atoms with van der Waals surface area (Å²) in [5.41, 5.74) is -0.319. The van der Waals surface area contributed by atoms with E-state index in [1.165, 1.54) is 0 Å². The molecule has 0 aromatic heterocycles. The molecule has 0 amide bonds. The highest BCUT2D eigenvalue weighted by Crippen LogP contribution is 2.15. The molecule has 0 radical (unpaired) electrons. The molecule has 21 heavy (non-hydrogen) atoms. The second-order valence-electron chi connectivity index (χ2n) is 4.37. The van der Waals surface area contributed by atoms with Gasteiger partial charge in [0.05, 0.1) is 11.6 Å². The van der Waals surface area contributed by atoms with Crippen LogP contribution in [0.1, 0.15) is 16.7 Å². The minimum atomic E-state index is -0.862. The van der Waals surface area contributed by atoms with E-state index < -0.39 is 23.3 Å². The van der Waals surface area contributed by atoms with Gasteiger partial charge < -0.3 is 5.32 Å². The van der Waals surface area contributed by atoms with Crippen molar-refractivity contribution in [1.82, 2.24) is 5.32 Å². The van der Waals surface area contributed by atoms with Gasteiger partial charge in [-0.3, -0.25) is 0 Å². The number of benzene rings is 2. The van der Waals surface area contributed by atoms with Crippen LogP contribution in [0.4, 0.5) is 17.6 Å². The highest BCUT2D eigenvalue weighted by atomic mass is 19.1. The predicted molar refractivity (Wildman–Crippen MR) is 68.0 cm³/mol. The van der Waals surface area contributed by atoms with Crippen molar-refractivity contribution in [3.05, 3.63) is 70.3 Å². The summed E-state index contributed by atoms with van der Waals surface area (Å²) in [6.07, 6.45) is 0. The summed E-state index contributed by atoms with van der Waals surface area (Å²) in [7, 11) is 0. The Morgan fingerprint density at radius 1 is 0.905 bits per heavy atom. The minimum Gasteiger partial charge on any atom is -0.308 e. The summed E-state index contributed by atoms with van der Waals surface area (Å²) in [4.78, 5) is 0. The molecule has 0 saturated heterocycles. The Labute approximate surface area is 118 Å². The van der Waals surface area contributed by atoms with Crippen LogP contribution in [0, 0.1) is 34.6 Å². The predicted octanol–water partition coefficient (Wildman–Crippen LogP) is 3.40. The lowest BCUT2D eigenvalue weighted by molar-refractivity contribution is 0.527. The maximum atomic E-state index is 13.6. The van der Waals surface area contributed by atoms with Gasteiger partial charge in [0.15, 0.2) is 0 Å². The molecule has 0 saturated carbocycles. The molecule has 0 aliphatic rings. The second kappa shape index (κ2) is 6.37. The first-order valence-electron chi connectivity index (χ1n) is 6.04. The Morgan fingerprint density at radius 3 is 2.19 bits per heavy atom. The van der Waals surface area contributed by atoms with Crippen molar-refractivity contribution in [2.24, 2.45) is 0 Å². The van der Waals surface area contributed by atoms with Gasteiger partial charge in [0.25, 0.3) is 0 Å². The van der Waals surface area contributed by atoms with Crippen LogP contribution in [0.5, 0.6) is 0 Å². The lowest BCUT2D eigenvalue weighted by Crippen LogP contribution is -2.16. The number of hydrogen-bond acceptors (Lipinski definition) is 2. The number of rotatable bonds is 4. The Kier molecular flexibility index (Phi) is 4.55. The number of halogens is 4. The van der Waals surface area contributed by atoms with Gasteiger partial charge >= 0.3 is 0 Å². The number of hydrogen-bond donors (Lipinski definition) is 1. The van der Waals surface area contributed by atoms with Gasteiger partial charge in [-0.15, -0.1) is 0 Å². The van der Waals surface area contributed by atoms with Crippen LogP contribution < -0.4 is 5.32 Å². The average Bonchev–Trinajstić information content (AvgIpc) is 2.45. The first kappa shape index (κ1) is 15.0. The van der Waals surface area contributed by atoms with Gasteiger partial charge in [0.1, 0.15) is 23.3 Å². The molecule has 2 aromatic rings. The van der Waals surface area contributed by atoms with E-state index in [9.17, 15) is 17.6 Å². The van der Waals surface area contributed by atoms with E-state index in [0.717, 1.165) is 30.3 Å². The Bertz CT molecular complexity index is 684. The first-order valence-corrected chi connectivity index (χ1v) is 6.04. The summed E-state index contributed by atoms with van der Waals surface area (Å²) < 4.78 is 53.5. The zero-order valence-corrected chi connectivity index (χ0v) is 10.8. The van der Waals surface area contributed by atoms with Crippen molar-refractivity contribution in [1.29, 1.82) is 5.26 Å². The number of nitrogens with one attached hydrogen (secondary N) is 1. The lowest BCUT2D eigenvalue weighted by Gasteiger charge is -2.08. The van der Waals surface area contributed by atoms with E-state index in [1.807, 2.05) is 0 Å². The van der Waals surface area contributed by atoms with Crippen LogP contribution in [0.2, 0.25) is 0 Å². The highest BCUT2D eigenvalue weighted by Gasteiger charge is 2.11. The van der Waals surface area contributed by atoms with E-state index >= 15 is 0 Å². The fraction of sp³-hybridized carbons (Fsp3) is 0.133. The fourth-order valence-electron chi connectivity index (χ4n) is 1.84. The van der Waals surface area contributed by atoms with Crippen LogP contribution in [-0.4, -0.2) is 0 Å². The monoisotopic (exact) mass is 294 g/mol. The van der Waals surface area contributed by atoms with Gasteiger partial charge in [-0.1, -0.05) is 0 Å². The fourth-order valence-corrected chi connectivity index (χ4v) is 1.84. The summed E-state index contributed by atoms with van der Waals surface area (Å²) in [6.45, 7) is -0.290. The summed E-state index contributed by atoms with van der Waals surface area (Å²) in [6, 6.07) is 6.45. The standard InChI is InChI=1S/C15H10F4N2/c16-11-1-2-13(17)10(5-11)7-21-8-12-14(18)3-9(6-20)4-15(12)19/h1-5,21H,7-8H2. The van der Waals surface area contributed by atoms with Crippen molar-refractivity contribution in [3.8, 4) is 6.07 Å². The van der Waals surface area contributed by atoms with E-state index in [0.29, 0.717) is 0 Å². The molecule has 0 spiro atoms. The Balaban J connectivity index is 2.07. The average molecular weight is 294 g/mol. The second-order valence-corrected chi connectivity index (χ2v) is 4.37. The Morgan fingerprint density at radius 2 is 1.57 bits per heavy atom. The maximum absolute atomic E-state index is 13.6. The topological polar surface area (TPSA) is 35.8 Å². The van der Waals surface area contributed by atoms with Crippen molar-refractivity contribution in [2.45, 2.75) is 13.1 Å². The van der Waals surface area contributed by atoms with Crippen molar-refractivity contribution in [3.63, 3.8) is 0 Å². The third-order valence-corrected chi connectivity index (χ3v) is 2.90. The van der Waals surface area contributed by atoms with Gasteiger partial charge in [0, 0.05) is 24.2 Å². The molecule has 2 aromatic carbocycles. The smallest absolute Gasteiger partial charge is 0.131 e. The molecule has 108 valence electrons. The van der Waals surface area contributed by atoms with Gasteiger partial charge in [-0.25, -0.2) is 17.6 Å². The van der Waals surface area contributed by atoms with Crippen molar-refractivity contribution < 1.29 is 17.6 Å². The molecule has 0 atom stereocenters. The molecule has 1 N–H and O–H groups in total. The molecule has 6 heteroatoms. The van der Waals surface area contributed by atoms with E-state index in [4.69, 9.17) is 5.26 Å².